The first kappa shape index (κ1) is 23.1. The number of rotatable bonds is 11. The number of benzene rings is 1. The molecule has 0 bridgehead atoms. The van der Waals surface area contributed by atoms with Crippen LogP contribution in [-0.2, 0) is 32.0 Å². The van der Waals surface area contributed by atoms with Crippen LogP contribution < -0.4 is 10.1 Å². The molecule has 7 heteroatoms. The maximum atomic E-state index is 11.9. The summed E-state index contributed by atoms with van der Waals surface area (Å²) in [5.41, 5.74) is 4.16. The average Bonchev–Trinajstić information content (AvgIpc) is 3.09. The molecule has 1 aromatic carbocycles. The van der Waals surface area contributed by atoms with Crippen LogP contribution in [0, 0.1) is 0 Å². The van der Waals surface area contributed by atoms with Crippen LogP contribution in [0.3, 0.4) is 0 Å². The van der Waals surface area contributed by atoms with Crippen molar-refractivity contribution in [3.05, 3.63) is 65.4 Å². The molecule has 2 aromatic heterocycles. The summed E-state index contributed by atoms with van der Waals surface area (Å²) in [7, 11) is 0. The molecule has 0 aliphatic rings. The van der Waals surface area contributed by atoms with E-state index < -0.39 is 5.91 Å². The molecule has 0 saturated carbocycles. The van der Waals surface area contributed by atoms with Crippen molar-refractivity contribution in [2.45, 2.75) is 39.5 Å². The Kier molecular flexibility index (Phi) is 8.02. The molecule has 0 aliphatic carbocycles. The van der Waals surface area contributed by atoms with Crippen LogP contribution in [0.25, 0.3) is 5.52 Å². The topological polar surface area (TPSA) is 86.1 Å². The number of esters is 1. The molecule has 0 radical (unpaired) electrons. The molecule has 1 amide bonds. The first-order valence-corrected chi connectivity index (χ1v) is 10.8. The minimum absolute atomic E-state index is 0.242. The van der Waals surface area contributed by atoms with E-state index in [1.165, 1.54) is 0 Å². The predicted octanol–water partition coefficient (Wildman–Crippen LogP) is 3.95. The highest BCUT2D eigenvalue weighted by atomic mass is 16.5. The van der Waals surface area contributed by atoms with Gasteiger partial charge in [0.2, 0.25) is 6.29 Å². The van der Waals surface area contributed by atoms with Gasteiger partial charge in [0.25, 0.3) is 5.91 Å². The maximum Gasteiger partial charge on any atom is 0.305 e. The molecule has 0 fully saturated rings. The van der Waals surface area contributed by atoms with Gasteiger partial charge in [-0.25, -0.2) is 0 Å². The van der Waals surface area contributed by atoms with Gasteiger partial charge >= 0.3 is 5.97 Å². The van der Waals surface area contributed by atoms with Crippen LogP contribution in [0.5, 0.6) is 5.75 Å². The lowest BCUT2D eigenvalue weighted by atomic mass is 10.0. The van der Waals surface area contributed by atoms with Gasteiger partial charge in [-0.3, -0.25) is 18.8 Å². The van der Waals surface area contributed by atoms with E-state index in [2.05, 4.69) is 17.4 Å². The van der Waals surface area contributed by atoms with Gasteiger partial charge in [0.15, 0.2) is 0 Å². The van der Waals surface area contributed by atoms with Crippen LogP contribution in [0.4, 0.5) is 5.82 Å². The molecule has 0 saturated heterocycles. The summed E-state index contributed by atoms with van der Waals surface area (Å²) in [6.07, 6.45) is 4.29. The van der Waals surface area contributed by atoms with Crippen molar-refractivity contribution in [1.82, 2.24) is 4.40 Å². The lowest BCUT2D eigenvalue weighted by Gasteiger charge is -2.09. The van der Waals surface area contributed by atoms with Gasteiger partial charge in [-0.1, -0.05) is 37.3 Å². The van der Waals surface area contributed by atoms with Gasteiger partial charge in [-0.2, -0.15) is 0 Å². The Labute approximate surface area is 187 Å². The number of nitrogens with zero attached hydrogens (tertiary/aromatic N) is 1. The van der Waals surface area contributed by atoms with E-state index in [0.29, 0.717) is 50.5 Å². The zero-order valence-corrected chi connectivity index (χ0v) is 18.4. The Balaban J connectivity index is 1.91. The van der Waals surface area contributed by atoms with Crippen molar-refractivity contribution in [2.24, 2.45) is 0 Å². The Morgan fingerprint density at radius 2 is 1.84 bits per heavy atom. The molecule has 32 heavy (non-hydrogen) atoms. The third-order valence-corrected chi connectivity index (χ3v) is 5.15. The Hall–Kier alpha value is -3.61. The fourth-order valence-corrected chi connectivity index (χ4v) is 3.74. The Morgan fingerprint density at radius 3 is 2.53 bits per heavy atom. The molecule has 0 atom stereocenters. The summed E-state index contributed by atoms with van der Waals surface area (Å²) < 4.78 is 12.6. The van der Waals surface area contributed by atoms with Crippen LogP contribution in [0.2, 0.25) is 0 Å². The summed E-state index contributed by atoms with van der Waals surface area (Å²) in [4.78, 5) is 34.4. The van der Waals surface area contributed by atoms with Crippen molar-refractivity contribution < 1.29 is 23.9 Å². The summed E-state index contributed by atoms with van der Waals surface area (Å²) in [6, 6.07) is 13.9. The molecule has 0 aliphatic heterocycles. The third-order valence-electron chi connectivity index (χ3n) is 5.15. The minimum atomic E-state index is -0.703. The molecular weight excluding hydrogens is 408 g/mol. The highest BCUT2D eigenvalue weighted by Crippen LogP contribution is 2.32. The SMILES string of the molecule is CCOC(=O)CCCOc1ccc2c(Cc3ccccc3)c(CC)c(NC(=O)C=O)n2c1. The van der Waals surface area contributed by atoms with Crippen LogP contribution in [0.15, 0.2) is 48.7 Å². The highest BCUT2D eigenvalue weighted by molar-refractivity contribution is 6.29. The number of amides is 1. The van der Waals surface area contributed by atoms with Crippen LogP contribution >= 0.6 is 0 Å². The zero-order valence-electron chi connectivity index (χ0n) is 18.4. The van der Waals surface area contributed by atoms with Gasteiger partial charge in [-0.15, -0.1) is 0 Å². The molecule has 2 heterocycles. The van der Waals surface area contributed by atoms with Crippen LogP contribution in [0.1, 0.15) is 43.4 Å². The van der Waals surface area contributed by atoms with E-state index in [9.17, 15) is 14.4 Å². The summed E-state index contributed by atoms with van der Waals surface area (Å²) in [5, 5.41) is 2.72. The van der Waals surface area contributed by atoms with E-state index in [0.717, 1.165) is 22.2 Å². The molecule has 3 aromatic rings. The van der Waals surface area contributed by atoms with E-state index in [-0.39, 0.29) is 12.3 Å². The van der Waals surface area contributed by atoms with E-state index in [1.807, 2.05) is 41.7 Å². The first-order valence-electron chi connectivity index (χ1n) is 10.8. The van der Waals surface area contributed by atoms with Crippen molar-refractivity contribution in [2.75, 3.05) is 18.5 Å². The van der Waals surface area contributed by atoms with E-state index in [4.69, 9.17) is 9.47 Å². The Morgan fingerprint density at radius 1 is 1.06 bits per heavy atom. The normalized spacial score (nSPS) is 10.7. The first-order chi connectivity index (χ1) is 15.6. The maximum absolute atomic E-state index is 11.9. The number of hydrogen-bond acceptors (Lipinski definition) is 5. The summed E-state index contributed by atoms with van der Waals surface area (Å²) in [5.74, 6) is 0.231. The largest absolute Gasteiger partial charge is 0.492 e. The zero-order chi connectivity index (χ0) is 22.9. The van der Waals surface area contributed by atoms with Gasteiger partial charge in [0, 0.05) is 6.42 Å². The second-order valence-electron chi connectivity index (χ2n) is 7.31. The monoisotopic (exact) mass is 436 g/mol. The number of aromatic nitrogens is 1. The fraction of sp³-hybridized carbons (Fsp3) is 0.320. The number of carbonyl (C=O) groups is 3. The number of hydrogen-bond donors (Lipinski definition) is 1. The third kappa shape index (κ3) is 5.55. The van der Waals surface area contributed by atoms with Crippen molar-refractivity contribution in [3.63, 3.8) is 0 Å². The highest BCUT2D eigenvalue weighted by Gasteiger charge is 2.19. The molecule has 0 spiro atoms. The molecule has 3 rings (SSSR count). The molecular formula is C25H28N2O5. The molecule has 0 unspecified atom stereocenters. The summed E-state index contributed by atoms with van der Waals surface area (Å²) in [6.45, 7) is 4.52. The van der Waals surface area contributed by atoms with Gasteiger partial charge in [0.1, 0.15) is 11.6 Å². The van der Waals surface area contributed by atoms with Gasteiger partial charge in [-0.05, 0) is 55.0 Å². The summed E-state index contributed by atoms with van der Waals surface area (Å²) >= 11 is 0. The number of pyridine rings is 1. The second-order valence-corrected chi connectivity index (χ2v) is 7.31. The molecule has 168 valence electrons. The quantitative estimate of drug-likeness (QED) is 0.213. The molecule has 7 nitrogen and oxygen atoms in total. The lowest BCUT2D eigenvalue weighted by Crippen LogP contribution is -2.15. The van der Waals surface area contributed by atoms with Gasteiger partial charge < -0.3 is 14.8 Å². The second kappa shape index (κ2) is 11.1. The lowest BCUT2D eigenvalue weighted by molar-refractivity contribution is -0.143. The standard InChI is InChI=1S/C25H28N2O5/c1-3-20-21(15-18-9-6-5-7-10-18)22-13-12-19(32-14-8-11-24(30)31-4-2)16-27(22)25(20)26-23(29)17-28/h5-7,9-10,12-13,16-17H,3-4,8,11,14-15H2,1-2H3,(H,26,29). The number of anilines is 1. The minimum Gasteiger partial charge on any atom is -0.492 e. The van der Waals surface area contributed by atoms with Crippen molar-refractivity contribution >= 4 is 29.5 Å². The predicted molar refractivity (Wildman–Crippen MR) is 122 cm³/mol. The number of ether oxygens (including phenoxy) is 2. The average molecular weight is 437 g/mol. The van der Waals surface area contributed by atoms with Crippen LogP contribution in [-0.4, -0.2) is 35.8 Å². The number of nitrogens with one attached hydrogen (secondary N) is 1. The number of aldehydes is 1. The van der Waals surface area contributed by atoms with E-state index >= 15 is 0 Å². The fourth-order valence-electron chi connectivity index (χ4n) is 3.74. The van der Waals surface area contributed by atoms with Crippen molar-refractivity contribution in [1.29, 1.82) is 0 Å². The van der Waals surface area contributed by atoms with Crippen molar-refractivity contribution in [3.8, 4) is 5.75 Å². The molecule has 1 N–H and O–H groups in total. The Bertz CT molecular complexity index is 1090. The number of fused-ring (bicyclic) bond motifs is 1. The van der Waals surface area contributed by atoms with Gasteiger partial charge in [0.05, 0.1) is 24.9 Å². The number of carbonyl (C=O) groups excluding carboxylic acids is 3. The van der Waals surface area contributed by atoms with E-state index in [1.54, 1.807) is 13.1 Å². The smallest absolute Gasteiger partial charge is 0.305 e.